The van der Waals surface area contributed by atoms with Crippen LogP contribution < -0.4 is 4.74 Å². The summed E-state index contributed by atoms with van der Waals surface area (Å²) in [4.78, 5) is 12.5. The van der Waals surface area contributed by atoms with E-state index in [-0.39, 0.29) is 18.0 Å². The van der Waals surface area contributed by atoms with Crippen LogP contribution in [0.1, 0.15) is 62.4 Å². The fourth-order valence-corrected chi connectivity index (χ4v) is 3.59. The van der Waals surface area contributed by atoms with Crippen molar-refractivity contribution in [3.8, 4) is 5.75 Å². The smallest absolute Gasteiger partial charge is 0.167 e. The summed E-state index contributed by atoms with van der Waals surface area (Å²) in [6, 6.07) is 17.3. The first-order valence-electron chi connectivity index (χ1n) is 10.9. The maximum absolute atomic E-state index is 12.5. The Balaban J connectivity index is 1.48. The molecule has 0 amide bonds. The van der Waals surface area contributed by atoms with Crippen LogP contribution in [0.2, 0.25) is 0 Å². The number of benzene rings is 2. The van der Waals surface area contributed by atoms with Gasteiger partial charge in [-0.25, -0.2) is 0 Å². The Morgan fingerprint density at radius 1 is 0.967 bits per heavy atom. The Morgan fingerprint density at radius 3 is 2.37 bits per heavy atom. The van der Waals surface area contributed by atoms with Gasteiger partial charge in [0.05, 0.1) is 5.76 Å². The zero-order chi connectivity index (χ0) is 21.3. The lowest BCUT2D eigenvalue weighted by Crippen LogP contribution is -2.15. The highest BCUT2D eigenvalue weighted by atomic mass is 16.5. The molecule has 0 bridgehead atoms. The van der Waals surface area contributed by atoms with Gasteiger partial charge in [-0.1, -0.05) is 48.9 Å². The second-order valence-electron chi connectivity index (χ2n) is 8.05. The molecule has 0 aromatic heterocycles. The minimum atomic E-state index is 0.122. The molecule has 0 saturated heterocycles. The molecule has 3 rings (SSSR count). The molecule has 2 unspecified atom stereocenters. The summed E-state index contributed by atoms with van der Waals surface area (Å²) in [6.07, 6.45) is 8.88. The number of allylic oxidation sites excluding steroid dienone is 4. The normalized spacial score (nSPS) is 19.6. The SMILES string of the molecule is CC/C(C)=C\C=C(/C)OC1CCC(Oc2ccc(C(=O)Cc3ccccc3)cc2)C1. The maximum atomic E-state index is 12.5. The predicted octanol–water partition coefficient (Wildman–Crippen LogP) is 6.69. The Hall–Kier alpha value is -2.81. The topological polar surface area (TPSA) is 35.5 Å². The number of carbonyl (C=O) groups is 1. The lowest BCUT2D eigenvalue weighted by atomic mass is 10.0. The van der Waals surface area contributed by atoms with E-state index in [1.807, 2.05) is 61.5 Å². The third kappa shape index (κ3) is 6.62. The van der Waals surface area contributed by atoms with E-state index in [4.69, 9.17) is 9.47 Å². The zero-order valence-electron chi connectivity index (χ0n) is 18.3. The van der Waals surface area contributed by atoms with Crippen LogP contribution in [0.25, 0.3) is 0 Å². The van der Waals surface area contributed by atoms with E-state index in [1.165, 1.54) is 5.57 Å². The van der Waals surface area contributed by atoms with Crippen LogP contribution in [0.3, 0.4) is 0 Å². The summed E-state index contributed by atoms with van der Waals surface area (Å²) in [5.74, 6) is 1.89. The molecule has 158 valence electrons. The zero-order valence-corrected chi connectivity index (χ0v) is 18.3. The Labute approximate surface area is 180 Å². The first kappa shape index (κ1) is 21.9. The molecule has 3 nitrogen and oxygen atoms in total. The van der Waals surface area contributed by atoms with Gasteiger partial charge in [-0.05, 0) is 69.0 Å². The van der Waals surface area contributed by atoms with Gasteiger partial charge in [0.15, 0.2) is 5.78 Å². The van der Waals surface area contributed by atoms with Crippen LogP contribution in [-0.4, -0.2) is 18.0 Å². The molecule has 1 fully saturated rings. The lowest BCUT2D eigenvalue weighted by molar-refractivity contribution is 0.0993. The summed E-state index contributed by atoms with van der Waals surface area (Å²) >= 11 is 0. The number of ether oxygens (including phenoxy) is 2. The van der Waals surface area contributed by atoms with Gasteiger partial charge in [-0.3, -0.25) is 4.79 Å². The number of Topliss-reactive ketones (excluding diaryl/α,β-unsaturated/α-hetero) is 1. The van der Waals surface area contributed by atoms with Crippen molar-refractivity contribution in [3.05, 3.63) is 89.2 Å². The van der Waals surface area contributed by atoms with Crippen molar-refractivity contribution < 1.29 is 14.3 Å². The average Bonchev–Trinajstić information content (AvgIpc) is 3.19. The highest BCUT2D eigenvalue weighted by Crippen LogP contribution is 2.28. The third-order valence-electron chi connectivity index (χ3n) is 5.54. The van der Waals surface area contributed by atoms with Crippen LogP contribution in [0.15, 0.2) is 78.1 Å². The number of hydrogen-bond donors (Lipinski definition) is 0. The van der Waals surface area contributed by atoms with Gasteiger partial charge in [-0.15, -0.1) is 0 Å². The highest BCUT2D eigenvalue weighted by molar-refractivity contribution is 5.97. The molecular weight excluding hydrogens is 372 g/mol. The second-order valence-corrected chi connectivity index (χ2v) is 8.05. The maximum Gasteiger partial charge on any atom is 0.167 e. The van der Waals surface area contributed by atoms with E-state index in [0.29, 0.717) is 6.42 Å². The first-order chi connectivity index (χ1) is 14.5. The first-order valence-corrected chi connectivity index (χ1v) is 10.9. The fraction of sp³-hybridized carbons (Fsp3) is 0.370. The van der Waals surface area contributed by atoms with Gasteiger partial charge >= 0.3 is 0 Å². The molecule has 0 N–H and O–H groups in total. The third-order valence-corrected chi connectivity index (χ3v) is 5.54. The Kier molecular flexibility index (Phi) is 7.89. The largest absolute Gasteiger partial charge is 0.495 e. The van der Waals surface area contributed by atoms with Gasteiger partial charge in [0, 0.05) is 18.4 Å². The molecule has 1 aliphatic carbocycles. The van der Waals surface area contributed by atoms with E-state index in [0.717, 1.165) is 48.3 Å². The van der Waals surface area contributed by atoms with Crippen LogP contribution in [0, 0.1) is 0 Å². The monoisotopic (exact) mass is 404 g/mol. The summed E-state index contributed by atoms with van der Waals surface area (Å²) < 4.78 is 12.2. The van der Waals surface area contributed by atoms with Gasteiger partial charge < -0.3 is 9.47 Å². The predicted molar refractivity (Wildman–Crippen MR) is 122 cm³/mol. The quantitative estimate of drug-likeness (QED) is 0.265. The van der Waals surface area contributed by atoms with Crippen molar-refractivity contribution in [3.63, 3.8) is 0 Å². The summed E-state index contributed by atoms with van der Waals surface area (Å²) in [5, 5.41) is 0. The van der Waals surface area contributed by atoms with Crippen LogP contribution >= 0.6 is 0 Å². The molecule has 0 radical (unpaired) electrons. The highest BCUT2D eigenvalue weighted by Gasteiger charge is 2.27. The Bertz CT molecular complexity index is 878. The van der Waals surface area contributed by atoms with Crippen molar-refractivity contribution in [2.24, 2.45) is 0 Å². The van der Waals surface area contributed by atoms with Gasteiger partial charge in [-0.2, -0.15) is 0 Å². The number of ketones is 1. The van der Waals surface area contributed by atoms with E-state index in [2.05, 4.69) is 26.0 Å². The van der Waals surface area contributed by atoms with Crippen molar-refractivity contribution in [2.45, 2.75) is 65.1 Å². The summed E-state index contributed by atoms with van der Waals surface area (Å²) in [5.41, 5.74) is 3.09. The number of carbonyl (C=O) groups excluding carboxylic acids is 1. The van der Waals surface area contributed by atoms with Gasteiger partial charge in [0.25, 0.3) is 0 Å². The minimum absolute atomic E-state index is 0.122. The molecule has 3 heteroatoms. The summed E-state index contributed by atoms with van der Waals surface area (Å²) in [6.45, 7) is 6.29. The summed E-state index contributed by atoms with van der Waals surface area (Å²) in [7, 11) is 0. The van der Waals surface area contributed by atoms with Crippen molar-refractivity contribution in [2.75, 3.05) is 0 Å². The number of rotatable bonds is 9. The molecule has 0 spiro atoms. The standard InChI is InChI=1S/C27H32O3/c1-4-20(2)10-11-21(3)29-25-16-17-26(19-25)30-24-14-12-23(13-15-24)27(28)18-22-8-6-5-7-9-22/h5-15,25-26H,4,16-19H2,1-3H3/b20-10-,21-11+. The molecule has 30 heavy (non-hydrogen) atoms. The van der Waals surface area contributed by atoms with E-state index >= 15 is 0 Å². The molecule has 0 heterocycles. The van der Waals surface area contributed by atoms with Crippen LogP contribution in [0.5, 0.6) is 5.75 Å². The van der Waals surface area contributed by atoms with Gasteiger partial charge in [0.1, 0.15) is 18.0 Å². The Morgan fingerprint density at radius 2 is 1.67 bits per heavy atom. The average molecular weight is 405 g/mol. The van der Waals surface area contributed by atoms with Crippen molar-refractivity contribution >= 4 is 5.78 Å². The van der Waals surface area contributed by atoms with Crippen molar-refractivity contribution in [1.82, 2.24) is 0 Å². The van der Waals surface area contributed by atoms with Crippen LogP contribution in [0.4, 0.5) is 0 Å². The molecule has 0 aliphatic heterocycles. The van der Waals surface area contributed by atoms with E-state index < -0.39 is 0 Å². The van der Waals surface area contributed by atoms with Crippen LogP contribution in [-0.2, 0) is 11.2 Å². The number of hydrogen-bond acceptors (Lipinski definition) is 3. The van der Waals surface area contributed by atoms with Gasteiger partial charge in [0.2, 0.25) is 0 Å². The fourth-order valence-electron chi connectivity index (χ4n) is 3.59. The van der Waals surface area contributed by atoms with E-state index in [9.17, 15) is 4.79 Å². The second kappa shape index (κ2) is 10.8. The lowest BCUT2D eigenvalue weighted by Gasteiger charge is -2.16. The molecule has 2 aromatic rings. The minimum Gasteiger partial charge on any atom is -0.495 e. The molecule has 2 atom stereocenters. The molecule has 1 saturated carbocycles. The van der Waals surface area contributed by atoms with E-state index in [1.54, 1.807) is 0 Å². The van der Waals surface area contributed by atoms with Crippen molar-refractivity contribution in [1.29, 1.82) is 0 Å². The molecular formula is C27H32O3. The molecule has 1 aliphatic rings. The molecule has 2 aromatic carbocycles.